The Balaban J connectivity index is 1.55. The zero-order valence-corrected chi connectivity index (χ0v) is 17.0. The molecule has 1 saturated heterocycles. The van der Waals surface area contributed by atoms with Crippen LogP contribution in [0.4, 0.5) is 0 Å². The highest BCUT2D eigenvalue weighted by atomic mass is 32.1. The van der Waals surface area contributed by atoms with E-state index in [0.717, 1.165) is 25.5 Å². The van der Waals surface area contributed by atoms with Crippen LogP contribution >= 0.6 is 11.3 Å². The second kappa shape index (κ2) is 11.5. The van der Waals surface area contributed by atoms with Crippen molar-refractivity contribution in [2.75, 3.05) is 66.5 Å². The molecule has 6 heteroatoms. The van der Waals surface area contributed by atoms with E-state index in [2.05, 4.69) is 56.5 Å². The van der Waals surface area contributed by atoms with Gasteiger partial charge in [0.05, 0.1) is 0 Å². The van der Waals surface area contributed by atoms with Crippen LogP contribution in [0.3, 0.4) is 0 Å². The third-order valence-electron chi connectivity index (χ3n) is 4.94. The van der Waals surface area contributed by atoms with Gasteiger partial charge in [0.2, 0.25) is 0 Å². The van der Waals surface area contributed by atoms with Crippen molar-refractivity contribution in [3.63, 3.8) is 0 Å². The van der Waals surface area contributed by atoms with Crippen molar-refractivity contribution in [3.05, 3.63) is 22.4 Å². The average Bonchev–Trinajstić information content (AvgIpc) is 3.17. The molecule has 0 spiro atoms. The molecule has 2 heterocycles. The molecule has 0 radical (unpaired) electrons. The van der Waals surface area contributed by atoms with Gasteiger partial charge < -0.3 is 20.0 Å². The second-order valence-electron chi connectivity index (χ2n) is 6.71. The van der Waals surface area contributed by atoms with E-state index in [1.807, 2.05) is 18.4 Å². The van der Waals surface area contributed by atoms with Crippen LogP contribution in [-0.4, -0.2) is 87.1 Å². The summed E-state index contributed by atoms with van der Waals surface area (Å²) in [6.07, 6.45) is 3.54. The molecule has 0 bridgehead atoms. The molecule has 25 heavy (non-hydrogen) atoms. The zero-order valence-electron chi connectivity index (χ0n) is 16.2. The van der Waals surface area contributed by atoms with E-state index in [-0.39, 0.29) is 0 Å². The van der Waals surface area contributed by atoms with Gasteiger partial charge in [-0.2, -0.15) is 0 Å². The summed E-state index contributed by atoms with van der Waals surface area (Å²) in [5.41, 5.74) is 0. The molecule has 1 aliphatic heterocycles. The highest BCUT2D eigenvalue weighted by molar-refractivity contribution is 7.09. The number of piperazine rings is 1. The predicted molar refractivity (Wildman–Crippen MR) is 110 cm³/mol. The minimum atomic E-state index is 1.00. The molecule has 1 aromatic heterocycles. The topological polar surface area (TPSA) is 34.1 Å². The molecule has 5 nitrogen and oxygen atoms in total. The molecule has 0 amide bonds. The molecule has 1 aliphatic rings. The molecular weight excluding hydrogens is 330 g/mol. The number of nitrogens with one attached hydrogen (secondary N) is 1. The van der Waals surface area contributed by atoms with Gasteiger partial charge in [0.25, 0.3) is 0 Å². The summed E-state index contributed by atoms with van der Waals surface area (Å²) in [6.45, 7) is 11.6. The van der Waals surface area contributed by atoms with Crippen molar-refractivity contribution < 1.29 is 0 Å². The molecule has 142 valence electrons. The highest BCUT2D eigenvalue weighted by Gasteiger charge is 2.14. The summed E-state index contributed by atoms with van der Waals surface area (Å²) in [5, 5.41) is 5.65. The monoisotopic (exact) mass is 365 g/mol. The van der Waals surface area contributed by atoms with Crippen molar-refractivity contribution in [3.8, 4) is 0 Å². The molecule has 0 unspecified atom stereocenters. The third-order valence-corrected chi connectivity index (χ3v) is 5.88. The van der Waals surface area contributed by atoms with Crippen molar-refractivity contribution in [2.45, 2.75) is 26.2 Å². The maximum absolute atomic E-state index is 4.41. The SMILES string of the molecule is CCN1CCN(CCCCNC(=NC)N(C)CCc2cccs2)CC1. The fourth-order valence-corrected chi connectivity index (χ4v) is 3.91. The first-order valence-corrected chi connectivity index (χ1v) is 10.5. The number of nitrogens with zero attached hydrogens (tertiary/aromatic N) is 4. The molecule has 0 saturated carbocycles. The summed E-state index contributed by atoms with van der Waals surface area (Å²) in [5.74, 6) is 1.01. The Hall–Kier alpha value is -1.11. The van der Waals surface area contributed by atoms with Crippen LogP contribution in [0.1, 0.15) is 24.6 Å². The summed E-state index contributed by atoms with van der Waals surface area (Å²) < 4.78 is 0. The third kappa shape index (κ3) is 7.34. The molecule has 0 atom stereocenters. The molecule has 2 rings (SSSR count). The van der Waals surface area contributed by atoms with Crippen LogP contribution in [-0.2, 0) is 6.42 Å². The van der Waals surface area contributed by atoms with E-state index >= 15 is 0 Å². The number of hydrogen-bond acceptors (Lipinski definition) is 4. The van der Waals surface area contributed by atoms with Gasteiger partial charge in [0, 0.05) is 58.2 Å². The summed E-state index contributed by atoms with van der Waals surface area (Å²) in [7, 11) is 3.99. The summed E-state index contributed by atoms with van der Waals surface area (Å²) in [6, 6.07) is 4.32. The van der Waals surface area contributed by atoms with E-state index in [4.69, 9.17) is 0 Å². The van der Waals surface area contributed by atoms with E-state index in [9.17, 15) is 0 Å². The Morgan fingerprint density at radius 1 is 1.24 bits per heavy atom. The maximum Gasteiger partial charge on any atom is 0.193 e. The lowest BCUT2D eigenvalue weighted by Gasteiger charge is -2.34. The molecule has 0 aromatic carbocycles. The van der Waals surface area contributed by atoms with Crippen molar-refractivity contribution in [2.24, 2.45) is 4.99 Å². The Morgan fingerprint density at radius 2 is 2.00 bits per heavy atom. The van der Waals surface area contributed by atoms with Crippen LogP contribution < -0.4 is 5.32 Å². The van der Waals surface area contributed by atoms with Crippen molar-refractivity contribution >= 4 is 17.3 Å². The van der Waals surface area contributed by atoms with Gasteiger partial charge >= 0.3 is 0 Å². The van der Waals surface area contributed by atoms with Gasteiger partial charge in [-0.1, -0.05) is 13.0 Å². The normalized spacial score (nSPS) is 17.0. The lowest BCUT2D eigenvalue weighted by Crippen LogP contribution is -2.46. The smallest absolute Gasteiger partial charge is 0.193 e. The molecular formula is C19H35N5S. The highest BCUT2D eigenvalue weighted by Crippen LogP contribution is 2.09. The van der Waals surface area contributed by atoms with Gasteiger partial charge in [-0.3, -0.25) is 4.99 Å². The zero-order chi connectivity index (χ0) is 17.9. The van der Waals surface area contributed by atoms with Gasteiger partial charge in [0.15, 0.2) is 5.96 Å². The molecule has 1 fully saturated rings. The van der Waals surface area contributed by atoms with Gasteiger partial charge in [-0.15, -0.1) is 11.3 Å². The van der Waals surface area contributed by atoms with Crippen molar-refractivity contribution in [1.29, 1.82) is 0 Å². The fourth-order valence-electron chi connectivity index (χ4n) is 3.21. The largest absolute Gasteiger partial charge is 0.356 e. The summed E-state index contributed by atoms with van der Waals surface area (Å²) >= 11 is 1.83. The van der Waals surface area contributed by atoms with Gasteiger partial charge in [0.1, 0.15) is 0 Å². The van der Waals surface area contributed by atoms with Gasteiger partial charge in [-0.05, 0) is 43.8 Å². The quantitative estimate of drug-likeness (QED) is 0.413. The van der Waals surface area contributed by atoms with E-state index in [1.54, 1.807) is 0 Å². The number of unbranched alkanes of at least 4 members (excludes halogenated alkanes) is 1. The van der Waals surface area contributed by atoms with Gasteiger partial charge in [-0.25, -0.2) is 0 Å². The first-order valence-electron chi connectivity index (χ1n) is 9.61. The first kappa shape index (κ1) is 20.2. The average molecular weight is 366 g/mol. The number of likely N-dealkylation sites (N-methyl/N-ethyl adjacent to an activating group) is 2. The molecule has 0 aliphatic carbocycles. The number of hydrogen-bond donors (Lipinski definition) is 1. The molecule has 1 N–H and O–H groups in total. The lowest BCUT2D eigenvalue weighted by molar-refractivity contribution is 0.136. The Labute approximate surface area is 157 Å². The van der Waals surface area contributed by atoms with Crippen molar-refractivity contribution in [1.82, 2.24) is 20.0 Å². The van der Waals surface area contributed by atoms with Crippen LogP contribution in [0.2, 0.25) is 0 Å². The number of guanidine groups is 1. The second-order valence-corrected chi connectivity index (χ2v) is 7.74. The Kier molecular flexibility index (Phi) is 9.29. The standard InChI is InChI=1S/C19H35N5S/c1-4-23-13-15-24(16-14-23)11-6-5-10-21-19(20-2)22(3)12-9-18-8-7-17-25-18/h7-8,17H,4-6,9-16H2,1-3H3,(H,20,21). The Morgan fingerprint density at radius 3 is 2.64 bits per heavy atom. The number of aliphatic imine (C=N–C) groups is 1. The predicted octanol–water partition coefficient (Wildman–Crippen LogP) is 2.22. The van der Waals surface area contributed by atoms with Crippen LogP contribution in [0, 0.1) is 0 Å². The summed E-state index contributed by atoms with van der Waals surface area (Å²) in [4.78, 5) is 13.2. The van der Waals surface area contributed by atoms with E-state index in [0.29, 0.717) is 0 Å². The van der Waals surface area contributed by atoms with Crippen LogP contribution in [0.15, 0.2) is 22.5 Å². The first-order chi connectivity index (χ1) is 12.2. The van der Waals surface area contributed by atoms with Crippen LogP contribution in [0.5, 0.6) is 0 Å². The minimum absolute atomic E-state index is 1.00. The maximum atomic E-state index is 4.41. The number of rotatable bonds is 9. The molecule has 1 aromatic rings. The fraction of sp³-hybridized carbons (Fsp3) is 0.737. The lowest BCUT2D eigenvalue weighted by atomic mass is 10.2. The minimum Gasteiger partial charge on any atom is -0.356 e. The van der Waals surface area contributed by atoms with Crippen LogP contribution in [0.25, 0.3) is 0 Å². The Bertz CT molecular complexity index is 480. The van der Waals surface area contributed by atoms with E-state index < -0.39 is 0 Å². The number of thiophene rings is 1. The van der Waals surface area contributed by atoms with E-state index in [1.165, 1.54) is 57.0 Å².